The lowest BCUT2D eigenvalue weighted by atomic mass is 10.2. The number of fused-ring (bicyclic) bond motifs is 1. The average Bonchev–Trinajstić information content (AvgIpc) is 3.06. The van der Waals surface area contributed by atoms with Gasteiger partial charge in [-0.2, -0.15) is 0 Å². The average molecular weight is 472 g/mol. The molecule has 160 valence electrons. The number of hydrogen-bond donors (Lipinski definition) is 4. The van der Waals surface area contributed by atoms with E-state index in [1.54, 1.807) is 18.2 Å². The molecule has 0 aliphatic rings. The highest BCUT2D eigenvalue weighted by Crippen LogP contribution is 2.36. The fraction of sp³-hybridized carbons (Fsp3) is 0.167. The van der Waals surface area contributed by atoms with Gasteiger partial charge in [0, 0.05) is 15.9 Å². The number of aromatic nitrogens is 1. The maximum Gasteiger partial charge on any atom is 0.272 e. The second kappa shape index (κ2) is 7.82. The smallest absolute Gasteiger partial charge is 0.272 e. The van der Waals surface area contributed by atoms with E-state index < -0.39 is 31.5 Å². The number of aromatic amines is 1. The van der Waals surface area contributed by atoms with Crippen LogP contribution in [0.5, 0.6) is 5.75 Å². The van der Waals surface area contributed by atoms with Crippen molar-refractivity contribution in [1.82, 2.24) is 4.98 Å². The number of nitrogens with one attached hydrogen (secondary N) is 3. The van der Waals surface area contributed by atoms with Gasteiger partial charge in [0.2, 0.25) is 10.0 Å². The Morgan fingerprint density at radius 1 is 1.10 bits per heavy atom. The van der Waals surface area contributed by atoms with Crippen LogP contribution in [0.3, 0.4) is 0 Å². The SMILES string of the molecule is CCS(=O)(=O)c1cc(NC(=O)c2cc3cc(Cl)ccc3[nH]2)c(O)c(NS(C)(=O)=O)c1. The predicted octanol–water partition coefficient (Wildman–Crippen LogP) is 2.94. The quantitative estimate of drug-likeness (QED) is 0.406. The standard InChI is InChI=1S/C18H18ClN3O6S2/c1-3-30(27,28)12-8-14(17(23)15(9-12)22-29(2,25)26)21-18(24)16-7-10-6-11(19)4-5-13(10)20-16/h4-9,20,22-23H,3H2,1-2H3,(H,21,24). The molecule has 0 saturated heterocycles. The van der Waals surface area contributed by atoms with E-state index in [-0.39, 0.29) is 27.7 Å². The number of phenolic OH excluding ortho intramolecular Hbond substituents is 1. The molecular formula is C18H18ClN3O6S2. The maximum atomic E-state index is 12.7. The minimum Gasteiger partial charge on any atom is -0.504 e. The summed E-state index contributed by atoms with van der Waals surface area (Å²) in [6, 6.07) is 8.60. The molecule has 0 radical (unpaired) electrons. The van der Waals surface area contributed by atoms with Gasteiger partial charge in [0.1, 0.15) is 5.69 Å². The van der Waals surface area contributed by atoms with E-state index in [9.17, 15) is 26.7 Å². The summed E-state index contributed by atoms with van der Waals surface area (Å²) in [6.07, 6.45) is 0.849. The molecule has 9 nitrogen and oxygen atoms in total. The second-order valence-corrected chi connectivity index (χ2v) is 11.0. The van der Waals surface area contributed by atoms with E-state index in [1.807, 2.05) is 0 Å². The van der Waals surface area contributed by atoms with Crippen molar-refractivity contribution in [2.45, 2.75) is 11.8 Å². The molecule has 1 amide bonds. The number of phenols is 1. The summed E-state index contributed by atoms with van der Waals surface area (Å²) < 4.78 is 49.8. The van der Waals surface area contributed by atoms with Gasteiger partial charge in [0.25, 0.3) is 5.91 Å². The molecule has 0 spiro atoms. The molecule has 3 aromatic rings. The fourth-order valence-corrected chi connectivity index (χ4v) is 4.41. The van der Waals surface area contributed by atoms with E-state index in [0.717, 1.165) is 18.4 Å². The minimum absolute atomic E-state index is 0.132. The van der Waals surface area contributed by atoms with Gasteiger partial charge in [-0.1, -0.05) is 18.5 Å². The summed E-state index contributed by atoms with van der Waals surface area (Å²) in [6.45, 7) is 1.42. The van der Waals surface area contributed by atoms with Gasteiger partial charge in [0.05, 0.1) is 28.3 Å². The number of carbonyl (C=O) groups is 1. The summed E-state index contributed by atoms with van der Waals surface area (Å²) in [5.74, 6) is -1.55. The number of amides is 1. The van der Waals surface area contributed by atoms with Crippen molar-refractivity contribution >= 4 is 59.6 Å². The van der Waals surface area contributed by atoms with Crippen LogP contribution in [0.4, 0.5) is 11.4 Å². The monoisotopic (exact) mass is 471 g/mol. The van der Waals surface area contributed by atoms with Crippen molar-refractivity contribution in [3.05, 3.63) is 47.1 Å². The van der Waals surface area contributed by atoms with E-state index in [4.69, 9.17) is 11.6 Å². The van der Waals surface area contributed by atoms with Crippen molar-refractivity contribution in [3.63, 3.8) is 0 Å². The van der Waals surface area contributed by atoms with E-state index in [1.165, 1.54) is 13.0 Å². The molecular weight excluding hydrogens is 454 g/mol. The summed E-state index contributed by atoms with van der Waals surface area (Å²) in [5, 5.41) is 14.0. The number of halogens is 1. The van der Waals surface area contributed by atoms with Crippen molar-refractivity contribution in [2.75, 3.05) is 22.0 Å². The zero-order chi connectivity index (χ0) is 22.3. The normalized spacial score (nSPS) is 12.1. The lowest BCUT2D eigenvalue weighted by Crippen LogP contribution is -2.15. The van der Waals surface area contributed by atoms with Crippen LogP contribution in [-0.4, -0.2) is 44.8 Å². The third-order valence-electron chi connectivity index (χ3n) is 4.19. The predicted molar refractivity (Wildman–Crippen MR) is 116 cm³/mol. The first kappa shape index (κ1) is 21.9. The number of anilines is 2. The molecule has 0 aliphatic heterocycles. The number of sulfonamides is 1. The van der Waals surface area contributed by atoms with Gasteiger partial charge in [-0.25, -0.2) is 16.8 Å². The Morgan fingerprint density at radius 2 is 1.77 bits per heavy atom. The van der Waals surface area contributed by atoms with Crippen molar-refractivity contribution in [3.8, 4) is 5.75 Å². The van der Waals surface area contributed by atoms with Gasteiger partial charge < -0.3 is 15.4 Å². The summed E-state index contributed by atoms with van der Waals surface area (Å²) in [5.41, 5.74) is 0.145. The third-order valence-corrected chi connectivity index (χ3v) is 6.73. The summed E-state index contributed by atoms with van der Waals surface area (Å²) >= 11 is 5.94. The Morgan fingerprint density at radius 3 is 2.40 bits per heavy atom. The molecule has 0 saturated carbocycles. The third kappa shape index (κ3) is 4.69. The van der Waals surface area contributed by atoms with E-state index in [2.05, 4.69) is 15.0 Å². The largest absolute Gasteiger partial charge is 0.504 e. The highest BCUT2D eigenvalue weighted by atomic mass is 35.5. The Kier molecular flexibility index (Phi) is 5.72. The maximum absolute atomic E-state index is 12.7. The van der Waals surface area contributed by atoms with Crippen molar-refractivity contribution < 1.29 is 26.7 Å². The first-order valence-corrected chi connectivity index (χ1v) is 12.5. The lowest BCUT2D eigenvalue weighted by Gasteiger charge is -2.14. The number of benzene rings is 2. The number of hydrogen-bond acceptors (Lipinski definition) is 6. The highest BCUT2D eigenvalue weighted by Gasteiger charge is 2.21. The van der Waals surface area contributed by atoms with Crippen molar-refractivity contribution in [1.29, 1.82) is 0 Å². The first-order chi connectivity index (χ1) is 13.9. The van der Waals surface area contributed by atoms with E-state index >= 15 is 0 Å². The van der Waals surface area contributed by atoms with Crippen LogP contribution < -0.4 is 10.0 Å². The van der Waals surface area contributed by atoms with Crippen LogP contribution in [-0.2, 0) is 19.9 Å². The number of carbonyl (C=O) groups excluding carboxylic acids is 1. The molecule has 0 bridgehead atoms. The Bertz CT molecular complexity index is 1360. The molecule has 3 rings (SSSR count). The molecule has 0 unspecified atom stereocenters. The van der Waals surface area contributed by atoms with Crippen LogP contribution in [0, 0.1) is 0 Å². The minimum atomic E-state index is -3.82. The number of rotatable bonds is 6. The zero-order valence-electron chi connectivity index (χ0n) is 15.9. The molecule has 1 heterocycles. The molecule has 0 aliphatic carbocycles. The highest BCUT2D eigenvalue weighted by molar-refractivity contribution is 7.92. The van der Waals surface area contributed by atoms with Crippen LogP contribution in [0.2, 0.25) is 5.02 Å². The number of H-pyrrole nitrogens is 1. The van der Waals surface area contributed by atoms with Gasteiger partial charge in [-0.15, -0.1) is 0 Å². The molecule has 4 N–H and O–H groups in total. The van der Waals surface area contributed by atoms with Gasteiger partial charge in [-0.05, 0) is 36.4 Å². The Balaban J connectivity index is 2.05. The van der Waals surface area contributed by atoms with Gasteiger partial charge in [0.15, 0.2) is 15.6 Å². The van der Waals surface area contributed by atoms with Gasteiger partial charge in [-0.3, -0.25) is 9.52 Å². The first-order valence-electron chi connectivity index (χ1n) is 8.57. The fourth-order valence-electron chi connectivity index (χ4n) is 2.74. The van der Waals surface area contributed by atoms with Crippen LogP contribution in [0.25, 0.3) is 10.9 Å². The number of sulfone groups is 1. The topological polar surface area (TPSA) is 145 Å². The summed E-state index contributed by atoms with van der Waals surface area (Å²) in [7, 11) is -7.58. The molecule has 0 fully saturated rings. The number of aromatic hydroxyl groups is 1. The Labute approximate surface area is 178 Å². The van der Waals surface area contributed by atoms with Crippen LogP contribution >= 0.6 is 11.6 Å². The van der Waals surface area contributed by atoms with E-state index in [0.29, 0.717) is 15.9 Å². The molecule has 1 aromatic heterocycles. The lowest BCUT2D eigenvalue weighted by molar-refractivity contribution is 0.102. The molecule has 2 aromatic carbocycles. The molecule has 30 heavy (non-hydrogen) atoms. The van der Waals surface area contributed by atoms with Gasteiger partial charge >= 0.3 is 0 Å². The summed E-state index contributed by atoms with van der Waals surface area (Å²) in [4.78, 5) is 15.3. The molecule has 0 atom stereocenters. The molecule has 12 heteroatoms. The van der Waals surface area contributed by atoms with Crippen LogP contribution in [0.15, 0.2) is 41.3 Å². The Hall–Kier alpha value is -2.76. The van der Waals surface area contributed by atoms with Crippen molar-refractivity contribution in [2.24, 2.45) is 0 Å². The van der Waals surface area contributed by atoms with Crippen LogP contribution in [0.1, 0.15) is 17.4 Å². The second-order valence-electron chi connectivity index (χ2n) is 6.51. The zero-order valence-corrected chi connectivity index (χ0v) is 18.2.